The van der Waals surface area contributed by atoms with Crippen LogP contribution in [0, 0.1) is 12.8 Å². The number of piperidine rings is 1. The maximum atomic E-state index is 14.2. The highest BCUT2D eigenvalue weighted by Crippen LogP contribution is 2.24. The fourth-order valence-electron chi connectivity index (χ4n) is 2.91. The number of amides is 2. The van der Waals surface area contributed by atoms with Crippen molar-refractivity contribution in [2.24, 2.45) is 5.92 Å². The van der Waals surface area contributed by atoms with E-state index in [-0.39, 0.29) is 11.7 Å². The number of rotatable bonds is 4. The van der Waals surface area contributed by atoms with Crippen LogP contribution in [0.1, 0.15) is 39.7 Å². The first-order valence-corrected chi connectivity index (χ1v) is 9.30. The number of carbonyl (C=O) groups excluding carboxylic acids is 2. The zero-order valence-electron chi connectivity index (χ0n) is 16.9. The molecule has 6 nitrogen and oxygen atoms in total. The van der Waals surface area contributed by atoms with Crippen LogP contribution < -0.4 is 10.1 Å². The summed E-state index contributed by atoms with van der Waals surface area (Å²) in [5.74, 6) is -1.78. The van der Waals surface area contributed by atoms with Crippen molar-refractivity contribution in [1.29, 1.82) is 0 Å². The van der Waals surface area contributed by atoms with Gasteiger partial charge < -0.3 is 19.7 Å². The van der Waals surface area contributed by atoms with Crippen LogP contribution in [0.4, 0.5) is 13.6 Å². The van der Waals surface area contributed by atoms with Gasteiger partial charge in [0, 0.05) is 19.1 Å². The molecule has 28 heavy (non-hydrogen) atoms. The maximum Gasteiger partial charge on any atom is 0.482 e. The molecule has 1 saturated heterocycles. The lowest BCUT2D eigenvalue weighted by molar-refractivity contribution is -0.194. The van der Waals surface area contributed by atoms with E-state index in [0.717, 1.165) is 5.56 Å². The summed E-state index contributed by atoms with van der Waals surface area (Å²) in [4.78, 5) is 25.7. The highest BCUT2D eigenvalue weighted by Gasteiger charge is 2.44. The van der Waals surface area contributed by atoms with Gasteiger partial charge in [0.25, 0.3) is 0 Å². The number of alkyl halides is 2. The number of benzene rings is 1. The van der Waals surface area contributed by atoms with E-state index < -0.39 is 29.8 Å². The lowest BCUT2D eigenvalue weighted by atomic mass is 9.94. The summed E-state index contributed by atoms with van der Waals surface area (Å²) in [5.41, 5.74) is 0.284. The summed E-state index contributed by atoms with van der Waals surface area (Å²) in [6.45, 7) is 9.56. The topological polar surface area (TPSA) is 67.9 Å². The van der Waals surface area contributed by atoms with E-state index >= 15 is 0 Å². The van der Waals surface area contributed by atoms with Gasteiger partial charge in [0.05, 0.1) is 0 Å². The SMILES string of the molecule is Cc1ccc(OC(F)(F)C(=O)N[C@H]2CCN(C(=O)OC(C)(C)C)C[C@@H]2C)cc1. The summed E-state index contributed by atoms with van der Waals surface area (Å²) in [5, 5.41) is 2.36. The molecule has 2 rings (SSSR count). The molecule has 2 atom stereocenters. The maximum absolute atomic E-state index is 14.2. The van der Waals surface area contributed by atoms with Gasteiger partial charge in [0.1, 0.15) is 11.4 Å². The van der Waals surface area contributed by atoms with Gasteiger partial charge in [-0.1, -0.05) is 24.6 Å². The van der Waals surface area contributed by atoms with Gasteiger partial charge in [0.2, 0.25) is 0 Å². The summed E-state index contributed by atoms with van der Waals surface area (Å²) in [7, 11) is 0. The number of likely N-dealkylation sites (tertiary alicyclic amines) is 1. The van der Waals surface area contributed by atoms with Gasteiger partial charge in [-0.25, -0.2) is 4.79 Å². The normalized spacial score (nSPS) is 20.5. The Bertz CT molecular complexity index is 701. The van der Waals surface area contributed by atoms with Crippen molar-refractivity contribution in [2.75, 3.05) is 13.1 Å². The Morgan fingerprint density at radius 3 is 2.32 bits per heavy atom. The number of nitrogens with zero attached hydrogens (tertiary/aromatic N) is 1. The molecule has 0 aromatic heterocycles. The number of hydrogen-bond donors (Lipinski definition) is 1. The van der Waals surface area contributed by atoms with Gasteiger partial charge >= 0.3 is 18.1 Å². The van der Waals surface area contributed by atoms with Crippen molar-refractivity contribution >= 4 is 12.0 Å². The molecule has 1 aromatic rings. The third-order valence-electron chi connectivity index (χ3n) is 4.40. The van der Waals surface area contributed by atoms with E-state index in [2.05, 4.69) is 10.1 Å². The minimum absolute atomic E-state index is 0.0847. The van der Waals surface area contributed by atoms with Crippen LogP contribution in [0.2, 0.25) is 0 Å². The number of hydrogen-bond acceptors (Lipinski definition) is 4. The first kappa shape index (κ1) is 21.9. The first-order valence-electron chi connectivity index (χ1n) is 9.30. The lowest BCUT2D eigenvalue weighted by Crippen LogP contribution is -2.56. The molecule has 156 valence electrons. The Morgan fingerprint density at radius 1 is 1.18 bits per heavy atom. The molecular formula is C20H28F2N2O4. The molecule has 0 aliphatic carbocycles. The average Bonchev–Trinajstić information content (AvgIpc) is 2.57. The Hall–Kier alpha value is -2.38. The van der Waals surface area contributed by atoms with Crippen LogP contribution in [-0.2, 0) is 9.53 Å². The molecular weight excluding hydrogens is 370 g/mol. The number of aryl methyl sites for hydroxylation is 1. The molecule has 0 bridgehead atoms. The van der Waals surface area contributed by atoms with Crippen LogP contribution in [0.25, 0.3) is 0 Å². The van der Waals surface area contributed by atoms with E-state index in [1.165, 1.54) is 17.0 Å². The number of nitrogens with one attached hydrogen (secondary N) is 1. The van der Waals surface area contributed by atoms with Gasteiger partial charge in [-0.3, -0.25) is 4.79 Å². The zero-order chi connectivity index (χ0) is 21.1. The van der Waals surface area contributed by atoms with E-state index in [9.17, 15) is 18.4 Å². The Morgan fingerprint density at radius 2 is 1.79 bits per heavy atom. The molecule has 1 aromatic carbocycles. The minimum atomic E-state index is -3.99. The molecule has 0 radical (unpaired) electrons. The fraction of sp³-hybridized carbons (Fsp3) is 0.600. The Balaban J connectivity index is 1.91. The second-order valence-electron chi connectivity index (χ2n) is 8.20. The summed E-state index contributed by atoms with van der Waals surface area (Å²) < 4.78 is 38.2. The summed E-state index contributed by atoms with van der Waals surface area (Å²) in [6.07, 6.45) is -4.08. The van der Waals surface area contributed by atoms with E-state index in [1.54, 1.807) is 39.8 Å². The third-order valence-corrected chi connectivity index (χ3v) is 4.40. The summed E-state index contributed by atoms with van der Waals surface area (Å²) in [6, 6.07) is 5.53. The quantitative estimate of drug-likeness (QED) is 0.839. The second kappa shape index (κ2) is 8.32. The largest absolute Gasteiger partial charge is 0.482 e. The molecule has 1 fully saturated rings. The van der Waals surface area contributed by atoms with Crippen LogP contribution in [-0.4, -0.2) is 47.7 Å². The van der Waals surface area contributed by atoms with Crippen LogP contribution in [0.5, 0.6) is 5.75 Å². The van der Waals surface area contributed by atoms with Gasteiger partial charge in [-0.15, -0.1) is 0 Å². The highest BCUT2D eigenvalue weighted by molar-refractivity contribution is 5.82. The Kier molecular flexibility index (Phi) is 6.52. The molecule has 0 unspecified atom stereocenters. The molecule has 0 saturated carbocycles. The predicted octanol–water partition coefficient (Wildman–Crippen LogP) is 3.73. The van der Waals surface area contributed by atoms with Crippen LogP contribution in [0.3, 0.4) is 0 Å². The minimum Gasteiger partial charge on any atom is -0.444 e. The number of ether oxygens (including phenoxy) is 2. The van der Waals surface area contributed by atoms with Crippen LogP contribution >= 0.6 is 0 Å². The van der Waals surface area contributed by atoms with E-state index in [1.807, 2.05) is 6.92 Å². The fourth-order valence-corrected chi connectivity index (χ4v) is 2.91. The molecule has 2 amide bonds. The van der Waals surface area contributed by atoms with Gasteiger partial charge in [-0.05, 0) is 52.2 Å². The smallest absolute Gasteiger partial charge is 0.444 e. The lowest BCUT2D eigenvalue weighted by Gasteiger charge is -2.38. The summed E-state index contributed by atoms with van der Waals surface area (Å²) >= 11 is 0. The zero-order valence-corrected chi connectivity index (χ0v) is 16.9. The first-order chi connectivity index (χ1) is 12.9. The molecule has 1 N–H and O–H groups in total. The van der Waals surface area contributed by atoms with Crippen molar-refractivity contribution in [3.05, 3.63) is 29.8 Å². The number of halogens is 2. The molecule has 0 spiro atoms. The van der Waals surface area contributed by atoms with E-state index in [0.29, 0.717) is 19.5 Å². The average molecular weight is 398 g/mol. The van der Waals surface area contributed by atoms with Gasteiger partial charge in [-0.2, -0.15) is 8.78 Å². The second-order valence-corrected chi connectivity index (χ2v) is 8.20. The van der Waals surface area contributed by atoms with Crippen molar-refractivity contribution in [3.8, 4) is 5.75 Å². The van der Waals surface area contributed by atoms with Gasteiger partial charge in [0.15, 0.2) is 0 Å². The van der Waals surface area contributed by atoms with Crippen LogP contribution in [0.15, 0.2) is 24.3 Å². The molecule has 1 aliphatic rings. The molecule has 1 heterocycles. The molecule has 8 heteroatoms. The molecule has 1 aliphatic heterocycles. The van der Waals surface area contributed by atoms with Crippen molar-refractivity contribution in [2.45, 2.75) is 58.8 Å². The van der Waals surface area contributed by atoms with Crippen molar-refractivity contribution < 1.29 is 27.8 Å². The third kappa shape index (κ3) is 6.07. The predicted molar refractivity (Wildman–Crippen MR) is 100 cm³/mol. The number of carbonyl (C=O) groups is 2. The van der Waals surface area contributed by atoms with E-state index in [4.69, 9.17) is 4.74 Å². The van der Waals surface area contributed by atoms with Crippen molar-refractivity contribution in [1.82, 2.24) is 10.2 Å². The van der Waals surface area contributed by atoms with Crippen molar-refractivity contribution in [3.63, 3.8) is 0 Å². The highest BCUT2D eigenvalue weighted by atomic mass is 19.3. The standard InChI is InChI=1S/C20H28F2N2O4/c1-13-6-8-15(9-7-13)27-20(21,22)17(25)23-16-10-11-24(12-14(16)2)18(26)28-19(3,4)5/h6-9,14,16H,10-12H2,1-5H3,(H,23,25)/t14-,16-/m0/s1. The monoisotopic (exact) mass is 398 g/mol. The Labute approximate surface area is 164 Å².